The summed E-state index contributed by atoms with van der Waals surface area (Å²) < 4.78 is 0. The highest BCUT2D eigenvalue weighted by molar-refractivity contribution is 7.99. The van der Waals surface area contributed by atoms with Gasteiger partial charge in [-0.3, -0.25) is 4.79 Å². The predicted octanol–water partition coefficient (Wildman–Crippen LogP) is 4.64. The first-order valence-electron chi connectivity index (χ1n) is 8.83. The lowest BCUT2D eigenvalue weighted by Crippen LogP contribution is -2.31. The van der Waals surface area contributed by atoms with Gasteiger partial charge in [-0.1, -0.05) is 13.8 Å². The number of thioether (sulfide) groups is 1. The van der Waals surface area contributed by atoms with Crippen molar-refractivity contribution in [2.24, 2.45) is 11.3 Å². The Balaban J connectivity index is 0.00000208. The highest BCUT2D eigenvalue weighted by Crippen LogP contribution is 2.58. The summed E-state index contributed by atoms with van der Waals surface area (Å²) >= 11 is 1.90. The molecule has 3 rings (SSSR count). The zero-order chi connectivity index (χ0) is 16.4. The number of halogens is 1. The summed E-state index contributed by atoms with van der Waals surface area (Å²) in [6, 6.07) is 6.39. The van der Waals surface area contributed by atoms with Gasteiger partial charge in [-0.2, -0.15) is 0 Å². The molecule has 3 nitrogen and oxygen atoms in total. The molecule has 1 saturated carbocycles. The standard InChI is InChI=1S/C19H28N2OS.ClH/c1-4-14(3)23-15-5-6-17(13(2)11-15)21-18(22)16-12-19(16)7-9-20-10-8-19;/h5-6,11,14,16,20H,4,7-10,12H2,1-3H3,(H,21,22);1H. The van der Waals surface area contributed by atoms with Crippen LogP contribution in [0.4, 0.5) is 5.69 Å². The molecule has 5 heteroatoms. The van der Waals surface area contributed by atoms with E-state index in [-0.39, 0.29) is 24.2 Å². The van der Waals surface area contributed by atoms with Gasteiger partial charge in [0.1, 0.15) is 0 Å². The summed E-state index contributed by atoms with van der Waals surface area (Å²) in [6.07, 6.45) is 4.53. The Labute approximate surface area is 156 Å². The third-order valence-corrected chi connectivity index (χ3v) is 6.74. The van der Waals surface area contributed by atoms with Crippen molar-refractivity contribution in [3.05, 3.63) is 23.8 Å². The van der Waals surface area contributed by atoms with Crippen LogP contribution in [-0.2, 0) is 4.79 Å². The minimum Gasteiger partial charge on any atom is -0.326 e. The second kappa shape index (κ2) is 8.11. The SMILES string of the molecule is CCC(C)Sc1ccc(NC(=O)C2CC23CCNCC3)c(C)c1.Cl. The van der Waals surface area contributed by atoms with Gasteiger partial charge in [-0.05, 0) is 74.9 Å². The van der Waals surface area contributed by atoms with Crippen LogP contribution < -0.4 is 10.6 Å². The number of amides is 1. The molecule has 1 amide bonds. The summed E-state index contributed by atoms with van der Waals surface area (Å²) in [5, 5.41) is 7.19. The molecule has 2 unspecified atom stereocenters. The quantitative estimate of drug-likeness (QED) is 0.744. The largest absolute Gasteiger partial charge is 0.326 e. The van der Waals surface area contributed by atoms with Crippen LogP contribution in [-0.4, -0.2) is 24.2 Å². The number of anilines is 1. The Morgan fingerprint density at radius 3 is 2.75 bits per heavy atom. The van der Waals surface area contributed by atoms with E-state index in [0.717, 1.165) is 43.6 Å². The Kier molecular flexibility index (Phi) is 6.63. The number of carbonyl (C=O) groups excluding carboxylic acids is 1. The maximum absolute atomic E-state index is 12.6. The molecule has 1 aromatic rings. The number of piperidine rings is 1. The average Bonchev–Trinajstić information content (AvgIpc) is 3.23. The molecule has 0 radical (unpaired) electrons. The van der Waals surface area contributed by atoms with Gasteiger partial charge in [0.15, 0.2) is 0 Å². The first kappa shape index (κ1) is 19.6. The number of aryl methyl sites for hydroxylation is 1. The molecule has 134 valence electrons. The Morgan fingerprint density at radius 1 is 1.42 bits per heavy atom. The third-order valence-electron chi connectivity index (χ3n) is 5.47. The fourth-order valence-electron chi connectivity index (χ4n) is 3.58. The van der Waals surface area contributed by atoms with Crippen molar-refractivity contribution in [3.63, 3.8) is 0 Å². The van der Waals surface area contributed by atoms with Crippen molar-refractivity contribution < 1.29 is 4.79 Å². The molecule has 1 heterocycles. The number of rotatable bonds is 5. The molecule has 2 atom stereocenters. The fraction of sp³-hybridized carbons (Fsp3) is 0.632. The third kappa shape index (κ3) is 4.27. The molecular weight excluding hydrogens is 340 g/mol. The average molecular weight is 369 g/mol. The van der Waals surface area contributed by atoms with E-state index >= 15 is 0 Å². The van der Waals surface area contributed by atoms with Crippen molar-refractivity contribution >= 4 is 35.8 Å². The van der Waals surface area contributed by atoms with Crippen LogP contribution in [0.2, 0.25) is 0 Å². The van der Waals surface area contributed by atoms with Gasteiger partial charge in [0, 0.05) is 21.8 Å². The van der Waals surface area contributed by atoms with Crippen molar-refractivity contribution in [1.82, 2.24) is 5.32 Å². The van der Waals surface area contributed by atoms with Gasteiger partial charge in [0.25, 0.3) is 0 Å². The molecule has 2 aliphatic rings. The molecule has 1 spiro atoms. The number of carbonyl (C=O) groups is 1. The van der Waals surface area contributed by atoms with Crippen LogP contribution in [0.3, 0.4) is 0 Å². The van der Waals surface area contributed by atoms with Gasteiger partial charge in [-0.25, -0.2) is 0 Å². The fourth-order valence-corrected chi connectivity index (χ4v) is 4.60. The predicted molar refractivity (Wildman–Crippen MR) is 105 cm³/mol. The second-order valence-corrected chi connectivity index (χ2v) is 8.68. The molecule has 1 aliphatic heterocycles. The minimum atomic E-state index is 0. The zero-order valence-corrected chi connectivity index (χ0v) is 16.5. The molecule has 2 N–H and O–H groups in total. The summed E-state index contributed by atoms with van der Waals surface area (Å²) in [5.41, 5.74) is 2.43. The number of hydrogen-bond acceptors (Lipinski definition) is 3. The van der Waals surface area contributed by atoms with Crippen molar-refractivity contribution in [1.29, 1.82) is 0 Å². The van der Waals surface area contributed by atoms with E-state index in [2.05, 4.69) is 49.6 Å². The Morgan fingerprint density at radius 2 is 2.12 bits per heavy atom. The molecule has 24 heavy (non-hydrogen) atoms. The van der Waals surface area contributed by atoms with Gasteiger partial charge >= 0.3 is 0 Å². The van der Waals surface area contributed by atoms with Crippen LogP contribution in [0.15, 0.2) is 23.1 Å². The smallest absolute Gasteiger partial charge is 0.228 e. The summed E-state index contributed by atoms with van der Waals surface area (Å²) in [6.45, 7) is 8.67. The Hall–Kier alpha value is -0.710. The number of nitrogens with one attached hydrogen (secondary N) is 2. The molecular formula is C19H29ClN2OS. The van der Waals surface area contributed by atoms with Crippen LogP contribution in [0.1, 0.15) is 45.1 Å². The van der Waals surface area contributed by atoms with Crippen molar-refractivity contribution in [2.45, 2.75) is 56.6 Å². The monoisotopic (exact) mass is 368 g/mol. The van der Waals surface area contributed by atoms with Crippen molar-refractivity contribution in [2.75, 3.05) is 18.4 Å². The minimum absolute atomic E-state index is 0. The lowest BCUT2D eigenvalue weighted by atomic mass is 9.91. The van der Waals surface area contributed by atoms with E-state index in [9.17, 15) is 4.79 Å². The highest BCUT2D eigenvalue weighted by Gasteiger charge is 2.57. The zero-order valence-electron chi connectivity index (χ0n) is 14.9. The van der Waals surface area contributed by atoms with Crippen LogP contribution in [0.5, 0.6) is 0 Å². The van der Waals surface area contributed by atoms with E-state index in [1.807, 2.05) is 11.8 Å². The lowest BCUT2D eigenvalue weighted by molar-refractivity contribution is -0.118. The molecule has 1 aliphatic carbocycles. The summed E-state index contributed by atoms with van der Waals surface area (Å²) in [7, 11) is 0. The maximum atomic E-state index is 12.6. The van der Waals surface area contributed by atoms with Gasteiger partial charge in [-0.15, -0.1) is 24.2 Å². The maximum Gasteiger partial charge on any atom is 0.228 e. The van der Waals surface area contributed by atoms with Crippen LogP contribution >= 0.6 is 24.2 Å². The van der Waals surface area contributed by atoms with Gasteiger partial charge in [0.05, 0.1) is 0 Å². The first-order chi connectivity index (χ1) is 11.0. The molecule has 1 aromatic carbocycles. The van der Waals surface area contributed by atoms with E-state index in [1.54, 1.807) is 0 Å². The van der Waals surface area contributed by atoms with Crippen LogP contribution in [0, 0.1) is 18.3 Å². The van der Waals surface area contributed by atoms with E-state index in [0.29, 0.717) is 10.7 Å². The first-order valence-corrected chi connectivity index (χ1v) is 9.71. The van der Waals surface area contributed by atoms with Gasteiger partial charge < -0.3 is 10.6 Å². The van der Waals surface area contributed by atoms with E-state index in [4.69, 9.17) is 0 Å². The second-order valence-electron chi connectivity index (χ2n) is 7.17. The molecule has 0 bridgehead atoms. The van der Waals surface area contributed by atoms with Gasteiger partial charge in [0.2, 0.25) is 5.91 Å². The lowest BCUT2D eigenvalue weighted by Gasteiger charge is -2.23. The summed E-state index contributed by atoms with van der Waals surface area (Å²) in [4.78, 5) is 13.9. The molecule has 0 aromatic heterocycles. The molecule has 1 saturated heterocycles. The van der Waals surface area contributed by atoms with E-state index in [1.165, 1.54) is 11.3 Å². The number of hydrogen-bond donors (Lipinski definition) is 2. The van der Waals surface area contributed by atoms with E-state index < -0.39 is 0 Å². The highest BCUT2D eigenvalue weighted by atomic mass is 35.5. The van der Waals surface area contributed by atoms with Crippen LogP contribution in [0.25, 0.3) is 0 Å². The molecule has 2 fully saturated rings. The topological polar surface area (TPSA) is 41.1 Å². The van der Waals surface area contributed by atoms with Crippen molar-refractivity contribution in [3.8, 4) is 0 Å². The number of benzene rings is 1. The normalized spacial score (nSPS) is 22.5. The summed E-state index contributed by atoms with van der Waals surface area (Å²) in [5.74, 6) is 0.440. The Bertz CT molecular complexity index is 587.